The standard InChI is InChI=1S/C23H31N5O/c1-6-20(17-11-9-8-10-12-17)27-23(29)19-13-24-22-18(14-25-28(22)7-2)21(19)26-16(5)15(3)4/h8-16,20H,6-7H2,1-5H3,(H,24,26)(H,27,29)/t16-,20+/m0/s1. The van der Waals surface area contributed by atoms with Crippen LogP contribution in [0.4, 0.5) is 5.69 Å². The molecule has 6 nitrogen and oxygen atoms in total. The number of hydrogen-bond acceptors (Lipinski definition) is 4. The molecule has 2 atom stereocenters. The van der Waals surface area contributed by atoms with Crippen LogP contribution in [0.3, 0.4) is 0 Å². The van der Waals surface area contributed by atoms with E-state index in [0.717, 1.165) is 35.2 Å². The SMILES string of the molecule is CC[C@@H](NC(=O)c1cnc2c(cnn2CC)c1N[C@@H](C)C(C)C)c1ccccc1. The minimum absolute atomic E-state index is 0.0480. The minimum atomic E-state index is -0.127. The maximum Gasteiger partial charge on any atom is 0.255 e. The number of nitrogens with one attached hydrogen (secondary N) is 2. The van der Waals surface area contributed by atoms with Gasteiger partial charge >= 0.3 is 0 Å². The number of benzene rings is 1. The second-order valence-electron chi connectivity index (χ2n) is 7.77. The fraction of sp³-hybridized carbons (Fsp3) is 0.435. The fourth-order valence-corrected chi connectivity index (χ4v) is 3.32. The third kappa shape index (κ3) is 4.42. The molecule has 1 amide bonds. The number of amides is 1. The number of aromatic nitrogens is 3. The van der Waals surface area contributed by atoms with Gasteiger partial charge in [-0.15, -0.1) is 0 Å². The van der Waals surface area contributed by atoms with Crippen molar-refractivity contribution in [2.24, 2.45) is 5.92 Å². The lowest BCUT2D eigenvalue weighted by atomic mass is 10.0. The summed E-state index contributed by atoms with van der Waals surface area (Å²) >= 11 is 0. The zero-order chi connectivity index (χ0) is 21.0. The molecule has 0 spiro atoms. The summed E-state index contributed by atoms with van der Waals surface area (Å²) in [5, 5.41) is 12.0. The first kappa shape index (κ1) is 20.8. The molecule has 0 fully saturated rings. The number of anilines is 1. The van der Waals surface area contributed by atoms with Crippen molar-refractivity contribution in [2.45, 2.75) is 59.7 Å². The van der Waals surface area contributed by atoms with Gasteiger partial charge in [-0.25, -0.2) is 9.67 Å². The zero-order valence-electron chi connectivity index (χ0n) is 17.9. The molecular formula is C23H31N5O. The molecule has 3 aromatic rings. The van der Waals surface area contributed by atoms with Crippen LogP contribution >= 0.6 is 0 Å². The van der Waals surface area contributed by atoms with Gasteiger partial charge in [0, 0.05) is 18.8 Å². The third-order valence-corrected chi connectivity index (χ3v) is 5.50. The second kappa shape index (κ2) is 9.07. The highest BCUT2D eigenvalue weighted by molar-refractivity contribution is 6.06. The molecule has 1 aromatic carbocycles. The lowest BCUT2D eigenvalue weighted by Gasteiger charge is -2.23. The maximum atomic E-state index is 13.3. The Kier molecular flexibility index (Phi) is 6.52. The molecule has 6 heteroatoms. The van der Waals surface area contributed by atoms with E-state index in [0.29, 0.717) is 11.5 Å². The van der Waals surface area contributed by atoms with Crippen molar-refractivity contribution in [3.63, 3.8) is 0 Å². The average molecular weight is 394 g/mol. The molecule has 0 aliphatic rings. The molecule has 2 heterocycles. The first-order valence-electron chi connectivity index (χ1n) is 10.4. The molecule has 0 aliphatic heterocycles. The molecule has 0 radical (unpaired) electrons. The van der Waals surface area contributed by atoms with E-state index in [-0.39, 0.29) is 18.0 Å². The van der Waals surface area contributed by atoms with E-state index >= 15 is 0 Å². The van der Waals surface area contributed by atoms with Gasteiger partial charge in [0.1, 0.15) is 0 Å². The molecule has 3 rings (SSSR count). The van der Waals surface area contributed by atoms with Crippen molar-refractivity contribution in [2.75, 3.05) is 5.32 Å². The molecule has 0 saturated heterocycles. The highest BCUT2D eigenvalue weighted by Crippen LogP contribution is 2.28. The van der Waals surface area contributed by atoms with Crippen LogP contribution in [0.2, 0.25) is 0 Å². The molecule has 2 N–H and O–H groups in total. The van der Waals surface area contributed by atoms with Gasteiger partial charge in [0.25, 0.3) is 5.91 Å². The summed E-state index contributed by atoms with van der Waals surface area (Å²) < 4.78 is 1.85. The number of aryl methyl sites for hydroxylation is 1. The lowest BCUT2D eigenvalue weighted by Crippen LogP contribution is -2.30. The van der Waals surface area contributed by atoms with Crippen molar-refractivity contribution in [1.82, 2.24) is 20.1 Å². The Hall–Kier alpha value is -2.89. The van der Waals surface area contributed by atoms with Crippen molar-refractivity contribution >= 4 is 22.6 Å². The van der Waals surface area contributed by atoms with Gasteiger partial charge in [-0.2, -0.15) is 5.10 Å². The quantitative estimate of drug-likeness (QED) is 0.577. The number of carbonyl (C=O) groups excluding carboxylic acids is 1. The monoisotopic (exact) mass is 393 g/mol. The Morgan fingerprint density at radius 2 is 1.83 bits per heavy atom. The van der Waals surface area contributed by atoms with Crippen molar-refractivity contribution in [3.8, 4) is 0 Å². The molecule has 29 heavy (non-hydrogen) atoms. The molecule has 154 valence electrons. The van der Waals surface area contributed by atoms with Crippen LogP contribution in [0.5, 0.6) is 0 Å². The Labute approximate surface area is 172 Å². The van der Waals surface area contributed by atoms with Crippen LogP contribution in [-0.4, -0.2) is 26.7 Å². The second-order valence-corrected chi connectivity index (χ2v) is 7.77. The molecule has 0 bridgehead atoms. The third-order valence-electron chi connectivity index (χ3n) is 5.50. The summed E-state index contributed by atoms with van der Waals surface area (Å²) in [4.78, 5) is 17.8. The van der Waals surface area contributed by atoms with Crippen LogP contribution in [-0.2, 0) is 6.54 Å². The van der Waals surface area contributed by atoms with Crippen molar-refractivity contribution in [3.05, 3.63) is 53.9 Å². The molecule has 0 unspecified atom stereocenters. The number of nitrogens with zero attached hydrogens (tertiary/aromatic N) is 3. The minimum Gasteiger partial charge on any atom is -0.381 e. The number of carbonyl (C=O) groups is 1. The van der Waals surface area contributed by atoms with Crippen molar-refractivity contribution < 1.29 is 4.79 Å². The topological polar surface area (TPSA) is 71.8 Å². The van der Waals surface area contributed by atoms with Gasteiger partial charge in [0.15, 0.2) is 5.65 Å². The smallest absolute Gasteiger partial charge is 0.255 e. The predicted octanol–water partition coefficient (Wildman–Crippen LogP) is 4.79. The summed E-state index contributed by atoms with van der Waals surface area (Å²) in [7, 11) is 0. The van der Waals surface area contributed by atoms with Crippen LogP contribution in [0, 0.1) is 5.92 Å². The van der Waals surface area contributed by atoms with E-state index in [1.807, 2.05) is 41.9 Å². The number of fused-ring (bicyclic) bond motifs is 1. The van der Waals surface area contributed by atoms with Crippen LogP contribution in [0.25, 0.3) is 11.0 Å². The van der Waals surface area contributed by atoms with Crippen LogP contribution < -0.4 is 10.6 Å². The van der Waals surface area contributed by atoms with Gasteiger partial charge in [0.05, 0.1) is 28.9 Å². The number of hydrogen-bond donors (Lipinski definition) is 2. The zero-order valence-corrected chi connectivity index (χ0v) is 17.9. The largest absolute Gasteiger partial charge is 0.381 e. The summed E-state index contributed by atoms with van der Waals surface area (Å²) in [6.07, 6.45) is 4.27. The van der Waals surface area contributed by atoms with Gasteiger partial charge < -0.3 is 10.6 Å². The van der Waals surface area contributed by atoms with E-state index < -0.39 is 0 Å². The Bertz CT molecular complexity index is 964. The van der Waals surface area contributed by atoms with E-state index in [1.165, 1.54) is 0 Å². The number of pyridine rings is 1. The fourth-order valence-electron chi connectivity index (χ4n) is 3.32. The Morgan fingerprint density at radius 1 is 1.10 bits per heavy atom. The lowest BCUT2D eigenvalue weighted by molar-refractivity contribution is 0.0936. The Balaban J connectivity index is 1.99. The summed E-state index contributed by atoms with van der Waals surface area (Å²) in [6, 6.07) is 10.2. The predicted molar refractivity (Wildman–Crippen MR) is 118 cm³/mol. The molecule has 2 aromatic heterocycles. The van der Waals surface area contributed by atoms with Crippen LogP contribution in [0.1, 0.15) is 63.0 Å². The van der Waals surface area contributed by atoms with E-state index in [2.05, 4.69) is 48.4 Å². The Morgan fingerprint density at radius 3 is 2.45 bits per heavy atom. The maximum absolute atomic E-state index is 13.3. The molecule has 0 saturated carbocycles. The highest BCUT2D eigenvalue weighted by atomic mass is 16.1. The van der Waals surface area contributed by atoms with E-state index in [1.54, 1.807) is 12.4 Å². The van der Waals surface area contributed by atoms with Gasteiger partial charge in [-0.1, -0.05) is 51.1 Å². The first-order chi connectivity index (χ1) is 14.0. The first-order valence-corrected chi connectivity index (χ1v) is 10.4. The molecule has 0 aliphatic carbocycles. The highest BCUT2D eigenvalue weighted by Gasteiger charge is 2.22. The summed E-state index contributed by atoms with van der Waals surface area (Å²) in [6.45, 7) is 11.3. The van der Waals surface area contributed by atoms with Crippen molar-refractivity contribution in [1.29, 1.82) is 0 Å². The normalized spacial score (nSPS) is 13.4. The summed E-state index contributed by atoms with van der Waals surface area (Å²) in [5.41, 5.74) is 3.24. The molecular weight excluding hydrogens is 362 g/mol. The average Bonchev–Trinajstić information content (AvgIpc) is 3.16. The van der Waals surface area contributed by atoms with Gasteiger partial charge in [-0.3, -0.25) is 4.79 Å². The summed E-state index contributed by atoms with van der Waals surface area (Å²) in [5.74, 6) is 0.292. The van der Waals surface area contributed by atoms with Gasteiger partial charge in [0.2, 0.25) is 0 Å². The van der Waals surface area contributed by atoms with Gasteiger partial charge in [-0.05, 0) is 31.7 Å². The van der Waals surface area contributed by atoms with E-state index in [4.69, 9.17) is 0 Å². The van der Waals surface area contributed by atoms with Crippen LogP contribution in [0.15, 0.2) is 42.7 Å². The van der Waals surface area contributed by atoms with E-state index in [9.17, 15) is 4.79 Å². The number of rotatable bonds is 8.